The highest BCUT2D eigenvalue weighted by molar-refractivity contribution is 6.93. The molecule has 0 atom stereocenters. The molecular weight excluding hydrogens is 382 g/mol. The molecule has 0 saturated heterocycles. The maximum atomic E-state index is 6.10. The minimum atomic E-state index is -1.72. The molecule has 0 N–H and O–H groups in total. The van der Waals surface area contributed by atoms with E-state index < -0.39 is 8.07 Å². The number of nitrogens with zero attached hydrogens (tertiary/aromatic N) is 3. The summed E-state index contributed by atoms with van der Waals surface area (Å²) in [5.41, 5.74) is 8.96. The Balaban J connectivity index is 2.24. The van der Waals surface area contributed by atoms with Gasteiger partial charge in [-0.3, -0.25) is 0 Å². The highest BCUT2D eigenvalue weighted by atomic mass is 35.5. The molecular formula is C23H26ClN3Si. The van der Waals surface area contributed by atoms with Gasteiger partial charge in [-0.1, -0.05) is 78.9 Å². The van der Waals surface area contributed by atoms with E-state index in [0.717, 1.165) is 22.5 Å². The second-order valence-electron chi connectivity index (χ2n) is 8.19. The lowest BCUT2D eigenvalue weighted by atomic mass is 10.1. The van der Waals surface area contributed by atoms with Crippen LogP contribution in [0.4, 0.5) is 0 Å². The molecule has 0 aliphatic carbocycles. The molecule has 0 unspecified atom stereocenters. The topological polar surface area (TPSA) is 30.7 Å². The Hall–Kier alpha value is -2.39. The number of aromatic nitrogens is 3. The first-order valence-electron chi connectivity index (χ1n) is 9.44. The molecule has 3 rings (SSSR count). The van der Waals surface area contributed by atoms with Crippen LogP contribution in [0.15, 0.2) is 65.9 Å². The van der Waals surface area contributed by atoms with Crippen LogP contribution in [0, 0.1) is 0 Å². The van der Waals surface area contributed by atoms with Gasteiger partial charge >= 0.3 is 0 Å². The first-order chi connectivity index (χ1) is 13.3. The second-order valence-corrected chi connectivity index (χ2v) is 13.6. The van der Waals surface area contributed by atoms with Crippen LogP contribution in [0.25, 0.3) is 16.5 Å². The molecule has 3 nitrogen and oxygen atoms in total. The average Bonchev–Trinajstić information content (AvgIpc) is 3.03. The zero-order valence-corrected chi connectivity index (χ0v) is 18.9. The third-order valence-corrected chi connectivity index (χ3v) is 6.50. The fourth-order valence-corrected chi connectivity index (χ4v) is 4.79. The van der Waals surface area contributed by atoms with Crippen molar-refractivity contribution in [2.24, 2.45) is 0 Å². The first-order valence-corrected chi connectivity index (χ1v) is 13.3. The van der Waals surface area contributed by atoms with Gasteiger partial charge in [-0.15, -0.1) is 10.8 Å². The van der Waals surface area contributed by atoms with Crippen molar-refractivity contribution in [3.8, 4) is 11.3 Å². The SMILES string of the molecule is CC(C)=C=C(c1c(-c2ccc(Cl)cc2)nnn1Cc1ccccc1)[Si](C)(C)C. The zero-order valence-electron chi connectivity index (χ0n) is 17.1. The molecule has 0 saturated carbocycles. The molecule has 0 amide bonds. The van der Waals surface area contributed by atoms with Crippen molar-refractivity contribution in [1.29, 1.82) is 0 Å². The second kappa shape index (κ2) is 8.32. The van der Waals surface area contributed by atoms with E-state index in [2.05, 4.69) is 73.8 Å². The van der Waals surface area contributed by atoms with Crippen molar-refractivity contribution in [2.75, 3.05) is 0 Å². The number of hydrogen-bond donors (Lipinski definition) is 0. The van der Waals surface area contributed by atoms with Crippen molar-refractivity contribution >= 4 is 24.9 Å². The smallest absolute Gasteiger partial charge is 0.120 e. The van der Waals surface area contributed by atoms with Crippen molar-refractivity contribution < 1.29 is 0 Å². The zero-order chi connectivity index (χ0) is 20.3. The number of allylic oxidation sites excluding steroid dienone is 1. The van der Waals surface area contributed by atoms with Crippen molar-refractivity contribution in [1.82, 2.24) is 15.0 Å². The molecule has 1 heterocycles. The lowest BCUT2D eigenvalue weighted by molar-refractivity contribution is 0.644. The summed E-state index contributed by atoms with van der Waals surface area (Å²) in [5, 5.41) is 11.1. The predicted octanol–water partition coefficient (Wildman–Crippen LogP) is 6.47. The summed E-state index contributed by atoms with van der Waals surface area (Å²) < 4.78 is 2.02. The molecule has 1 aromatic heterocycles. The monoisotopic (exact) mass is 407 g/mol. The summed E-state index contributed by atoms with van der Waals surface area (Å²) in [6.45, 7) is 11.9. The third-order valence-electron chi connectivity index (χ3n) is 4.39. The Morgan fingerprint density at radius 2 is 1.64 bits per heavy atom. The van der Waals surface area contributed by atoms with E-state index in [9.17, 15) is 0 Å². The molecule has 28 heavy (non-hydrogen) atoms. The summed E-state index contributed by atoms with van der Waals surface area (Å²) in [4.78, 5) is 0. The summed E-state index contributed by atoms with van der Waals surface area (Å²) in [6, 6.07) is 18.2. The lowest BCUT2D eigenvalue weighted by Crippen LogP contribution is -2.25. The molecule has 0 bridgehead atoms. The van der Waals surface area contributed by atoms with E-state index in [1.165, 1.54) is 10.8 Å². The van der Waals surface area contributed by atoms with E-state index >= 15 is 0 Å². The predicted molar refractivity (Wildman–Crippen MR) is 121 cm³/mol. The summed E-state index contributed by atoms with van der Waals surface area (Å²) >= 11 is 6.10. The van der Waals surface area contributed by atoms with E-state index in [0.29, 0.717) is 11.6 Å². The van der Waals surface area contributed by atoms with Crippen LogP contribution in [0.2, 0.25) is 24.7 Å². The van der Waals surface area contributed by atoms with Gasteiger partial charge in [0.05, 0.1) is 20.3 Å². The van der Waals surface area contributed by atoms with Gasteiger partial charge in [-0.25, -0.2) is 4.68 Å². The molecule has 0 aliphatic rings. The van der Waals surface area contributed by atoms with Crippen molar-refractivity contribution in [3.05, 3.63) is 82.2 Å². The van der Waals surface area contributed by atoms with Gasteiger partial charge in [0.15, 0.2) is 0 Å². The molecule has 0 aliphatic heterocycles. The molecule has 0 fully saturated rings. The maximum Gasteiger partial charge on any atom is 0.120 e. The average molecular weight is 408 g/mol. The van der Waals surface area contributed by atoms with E-state index in [4.69, 9.17) is 11.6 Å². The molecule has 0 radical (unpaired) electrons. The van der Waals surface area contributed by atoms with E-state index in [1.54, 1.807) is 0 Å². The van der Waals surface area contributed by atoms with Crippen LogP contribution in [-0.2, 0) is 6.54 Å². The fourth-order valence-electron chi connectivity index (χ4n) is 3.08. The Bertz CT molecular complexity index is 1020. The van der Waals surface area contributed by atoms with Gasteiger partial charge in [0.2, 0.25) is 0 Å². The van der Waals surface area contributed by atoms with Gasteiger partial charge in [-0.2, -0.15) is 0 Å². The molecule has 2 aromatic carbocycles. The highest BCUT2D eigenvalue weighted by Crippen LogP contribution is 2.33. The van der Waals surface area contributed by atoms with Crippen LogP contribution in [0.5, 0.6) is 0 Å². The van der Waals surface area contributed by atoms with Crippen LogP contribution in [0.3, 0.4) is 0 Å². The molecule has 144 valence electrons. The van der Waals surface area contributed by atoms with Gasteiger partial charge in [0.1, 0.15) is 5.69 Å². The Morgan fingerprint density at radius 3 is 2.21 bits per heavy atom. The van der Waals surface area contributed by atoms with Gasteiger partial charge in [-0.05, 0) is 37.1 Å². The Kier molecular flexibility index (Phi) is 6.04. The third kappa shape index (κ3) is 4.71. The number of halogens is 1. The Morgan fingerprint density at radius 1 is 1.00 bits per heavy atom. The molecule has 0 spiro atoms. The normalized spacial score (nSPS) is 11.2. The minimum Gasteiger partial charge on any atom is -0.240 e. The van der Waals surface area contributed by atoms with Crippen molar-refractivity contribution in [3.63, 3.8) is 0 Å². The highest BCUT2D eigenvalue weighted by Gasteiger charge is 2.28. The number of hydrogen-bond acceptors (Lipinski definition) is 2. The Labute approximate surface area is 173 Å². The summed E-state index contributed by atoms with van der Waals surface area (Å²) in [7, 11) is -1.72. The molecule has 5 heteroatoms. The van der Waals surface area contributed by atoms with Crippen LogP contribution >= 0.6 is 11.6 Å². The molecule has 3 aromatic rings. The first kappa shape index (κ1) is 20.3. The maximum absolute atomic E-state index is 6.10. The van der Waals surface area contributed by atoms with Crippen LogP contribution in [-0.4, -0.2) is 23.1 Å². The summed E-state index contributed by atoms with van der Waals surface area (Å²) in [5.74, 6) is 0. The van der Waals surface area contributed by atoms with Crippen molar-refractivity contribution in [2.45, 2.75) is 40.0 Å². The van der Waals surface area contributed by atoms with Gasteiger partial charge < -0.3 is 0 Å². The summed E-state index contributed by atoms with van der Waals surface area (Å²) in [6.07, 6.45) is 0. The van der Waals surface area contributed by atoms with Crippen LogP contribution in [0.1, 0.15) is 25.1 Å². The quantitative estimate of drug-likeness (QED) is 0.358. The lowest BCUT2D eigenvalue weighted by Gasteiger charge is -2.21. The number of rotatable bonds is 5. The van der Waals surface area contributed by atoms with E-state index in [-0.39, 0.29) is 0 Å². The van der Waals surface area contributed by atoms with Gasteiger partial charge in [0, 0.05) is 15.8 Å². The van der Waals surface area contributed by atoms with Gasteiger partial charge in [0.25, 0.3) is 0 Å². The standard InChI is InChI=1S/C23H26ClN3Si/c1-17(2)15-21(28(3,4)5)23-22(19-11-13-20(24)14-12-19)25-26-27(23)16-18-9-7-6-8-10-18/h6-14H,16H2,1-5H3. The largest absolute Gasteiger partial charge is 0.240 e. The van der Waals surface area contributed by atoms with Crippen LogP contribution < -0.4 is 0 Å². The number of benzene rings is 2. The fraction of sp³-hybridized carbons (Fsp3) is 0.261. The minimum absolute atomic E-state index is 0.676. The van der Waals surface area contributed by atoms with E-state index in [1.807, 2.05) is 35.0 Å².